The molecule has 2 nitrogen and oxygen atoms in total. The van der Waals surface area contributed by atoms with Crippen molar-refractivity contribution in [3.8, 4) is 0 Å². The maximum atomic E-state index is 12.1. The summed E-state index contributed by atoms with van der Waals surface area (Å²) >= 11 is 0. The van der Waals surface area contributed by atoms with Crippen LogP contribution in [0.15, 0.2) is 0 Å². The van der Waals surface area contributed by atoms with Crippen molar-refractivity contribution in [1.82, 2.24) is 5.32 Å². The quantitative estimate of drug-likeness (QED) is 0.777. The first-order valence-corrected chi connectivity index (χ1v) is 7.23. The van der Waals surface area contributed by atoms with Gasteiger partial charge in [-0.2, -0.15) is 0 Å². The molecule has 0 saturated heterocycles. The predicted octanol–water partition coefficient (Wildman–Crippen LogP) is 3.76. The summed E-state index contributed by atoms with van der Waals surface area (Å²) < 4.78 is 0. The molecule has 17 heavy (non-hydrogen) atoms. The fourth-order valence-electron chi connectivity index (χ4n) is 2.96. The molecule has 0 radical (unpaired) electrons. The lowest BCUT2D eigenvalue weighted by molar-refractivity contribution is -0.128. The van der Waals surface area contributed by atoms with Crippen LogP contribution in [-0.2, 0) is 4.79 Å². The minimum atomic E-state index is 0.0812. The molecule has 0 aromatic rings. The first-order valence-electron chi connectivity index (χ1n) is 7.23. The molecule has 0 bridgehead atoms. The van der Waals surface area contributed by atoms with E-state index in [1.165, 1.54) is 32.1 Å². The van der Waals surface area contributed by atoms with E-state index in [-0.39, 0.29) is 17.2 Å². The molecule has 2 heteroatoms. The molecule has 1 amide bonds. The second kappa shape index (κ2) is 6.42. The molecule has 0 aromatic heterocycles. The Bertz CT molecular complexity index is 236. The van der Waals surface area contributed by atoms with Crippen LogP contribution in [0.25, 0.3) is 0 Å². The summed E-state index contributed by atoms with van der Waals surface area (Å²) in [5.74, 6) is 1.30. The van der Waals surface area contributed by atoms with E-state index >= 15 is 0 Å². The number of nitrogens with one attached hydrogen (secondary N) is 1. The van der Waals surface area contributed by atoms with Crippen molar-refractivity contribution < 1.29 is 4.79 Å². The second-order valence-corrected chi connectivity index (χ2v) is 6.54. The third kappa shape index (κ3) is 4.69. The molecular weight excluding hydrogens is 210 g/mol. The van der Waals surface area contributed by atoms with Crippen molar-refractivity contribution in [3.63, 3.8) is 0 Å². The Morgan fingerprint density at radius 2 is 1.88 bits per heavy atom. The van der Waals surface area contributed by atoms with Crippen molar-refractivity contribution in [2.75, 3.05) is 6.54 Å². The number of carbonyl (C=O) groups is 1. The summed E-state index contributed by atoms with van der Waals surface area (Å²) in [4.78, 5) is 12.1. The van der Waals surface area contributed by atoms with Gasteiger partial charge < -0.3 is 5.32 Å². The number of carbonyl (C=O) groups excluding carboxylic acids is 1. The van der Waals surface area contributed by atoms with Crippen molar-refractivity contribution >= 4 is 5.91 Å². The van der Waals surface area contributed by atoms with E-state index in [0.717, 1.165) is 18.9 Å². The number of hydrogen-bond acceptors (Lipinski definition) is 1. The lowest BCUT2D eigenvalue weighted by Gasteiger charge is -2.30. The molecule has 1 N–H and O–H groups in total. The maximum absolute atomic E-state index is 12.1. The zero-order chi connectivity index (χ0) is 12.9. The number of rotatable bonds is 5. The zero-order valence-electron chi connectivity index (χ0n) is 12.0. The van der Waals surface area contributed by atoms with Gasteiger partial charge in [-0.1, -0.05) is 46.5 Å². The topological polar surface area (TPSA) is 29.1 Å². The fourth-order valence-corrected chi connectivity index (χ4v) is 2.96. The summed E-state index contributed by atoms with van der Waals surface area (Å²) in [6.45, 7) is 9.29. The van der Waals surface area contributed by atoms with Crippen LogP contribution in [0.2, 0.25) is 0 Å². The van der Waals surface area contributed by atoms with Crippen LogP contribution in [0.4, 0.5) is 0 Å². The van der Waals surface area contributed by atoms with Crippen molar-refractivity contribution in [2.45, 2.75) is 66.2 Å². The van der Waals surface area contributed by atoms with Crippen molar-refractivity contribution in [3.05, 3.63) is 0 Å². The van der Waals surface area contributed by atoms with Crippen LogP contribution in [0.1, 0.15) is 66.2 Å². The lowest BCUT2D eigenvalue weighted by atomic mass is 9.76. The van der Waals surface area contributed by atoms with Gasteiger partial charge in [0.05, 0.1) is 0 Å². The highest BCUT2D eigenvalue weighted by Gasteiger charge is 2.31. The van der Waals surface area contributed by atoms with E-state index in [1.807, 2.05) is 6.92 Å². The highest BCUT2D eigenvalue weighted by molar-refractivity contribution is 5.79. The second-order valence-electron chi connectivity index (χ2n) is 6.54. The Labute approximate surface area is 107 Å². The molecule has 1 atom stereocenters. The van der Waals surface area contributed by atoms with E-state index in [4.69, 9.17) is 0 Å². The first-order chi connectivity index (χ1) is 7.95. The lowest BCUT2D eigenvalue weighted by Crippen LogP contribution is -2.38. The largest absolute Gasteiger partial charge is 0.356 e. The van der Waals surface area contributed by atoms with Gasteiger partial charge in [0.25, 0.3) is 0 Å². The van der Waals surface area contributed by atoms with Crippen LogP contribution in [0.5, 0.6) is 0 Å². The van der Waals surface area contributed by atoms with Crippen molar-refractivity contribution in [1.29, 1.82) is 0 Å². The zero-order valence-corrected chi connectivity index (χ0v) is 12.0. The number of hydrogen-bond donors (Lipinski definition) is 1. The minimum absolute atomic E-state index is 0.0812. The Morgan fingerprint density at radius 1 is 1.29 bits per heavy atom. The molecule has 1 aliphatic carbocycles. The molecular formula is C15H29NO. The Kier molecular flexibility index (Phi) is 5.48. The summed E-state index contributed by atoms with van der Waals surface area (Å²) in [7, 11) is 0. The Balaban J connectivity index is 2.48. The smallest absolute Gasteiger partial charge is 0.223 e. The van der Waals surface area contributed by atoms with Gasteiger partial charge in [-0.25, -0.2) is 0 Å². The van der Waals surface area contributed by atoms with Gasteiger partial charge in [-0.15, -0.1) is 0 Å². The van der Waals surface area contributed by atoms with E-state index in [1.54, 1.807) is 0 Å². The van der Waals surface area contributed by atoms with Gasteiger partial charge in [0.2, 0.25) is 5.91 Å². The monoisotopic (exact) mass is 239 g/mol. The maximum Gasteiger partial charge on any atom is 0.223 e. The molecule has 0 heterocycles. The minimum Gasteiger partial charge on any atom is -0.356 e. The van der Waals surface area contributed by atoms with Gasteiger partial charge in [-0.05, 0) is 31.1 Å². The van der Waals surface area contributed by atoms with Gasteiger partial charge in [0, 0.05) is 12.5 Å². The normalized spacial score (nSPS) is 19.3. The third-order valence-electron chi connectivity index (χ3n) is 4.05. The van der Waals surface area contributed by atoms with Gasteiger partial charge in [0.1, 0.15) is 0 Å². The fraction of sp³-hybridized carbons (Fsp3) is 0.933. The van der Waals surface area contributed by atoms with Gasteiger partial charge >= 0.3 is 0 Å². The van der Waals surface area contributed by atoms with Crippen LogP contribution in [-0.4, -0.2) is 12.5 Å². The van der Waals surface area contributed by atoms with Crippen LogP contribution >= 0.6 is 0 Å². The van der Waals surface area contributed by atoms with Crippen LogP contribution < -0.4 is 5.32 Å². The average Bonchev–Trinajstić information content (AvgIpc) is 2.69. The van der Waals surface area contributed by atoms with E-state index < -0.39 is 0 Å². The molecule has 0 aliphatic heterocycles. The standard InChI is InChI=1S/C15H29NO/c1-5-16-14(17)13(15(2,3)4)11-10-12-8-6-7-9-12/h12-13H,5-11H2,1-4H3,(H,16,17). The van der Waals surface area contributed by atoms with E-state index in [0.29, 0.717) is 0 Å². The van der Waals surface area contributed by atoms with E-state index in [2.05, 4.69) is 26.1 Å². The summed E-state index contributed by atoms with van der Waals surface area (Å²) in [6, 6.07) is 0. The van der Waals surface area contributed by atoms with Gasteiger partial charge in [0.15, 0.2) is 0 Å². The SMILES string of the molecule is CCNC(=O)C(CCC1CCCC1)C(C)(C)C. The molecule has 1 fully saturated rings. The summed E-state index contributed by atoms with van der Waals surface area (Å²) in [5.41, 5.74) is 0.0812. The molecule has 0 aromatic carbocycles. The molecule has 100 valence electrons. The highest BCUT2D eigenvalue weighted by Crippen LogP contribution is 2.35. The molecule has 0 spiro atoms. The van der Waals surface area contributed by atoms with Crippen molar-refractivity contribution in [2.24, 2.45) is 17.3 Å². The summed E-state index contributed by atoms with van der Waals surface area (Å²) in [5, 5.41) is 2.99. The van der Waals surface area contributed by atoms with Gasteiger partial charge in [-0.3, -0.25) is 4.79 Å². The highest BCUT2D eigenvalue weighted by atomic mass is 16.1. The van der Waals surface area contributed by atoms with Crippen LogP contribution in [0.3, 0.4) is 0 Å². The average molecular weight is 239 g/mol. The Hall–Kier alpha value is -0.530. The van der Waals surface area contributed by atoms with E-state index in [9.17, 15) is 4.79 Å². The Morgan fingerprint density at radius 3 is 2.35 bits per heavy atom. The third-order valence-corrected chi connectivity index (χ3v) is 4.05. The number of amides is 1. The summed E-state index contributed by atoms with van der Waals surface area (Å²) in [6.07, 6.45) is 7.84. The van der Waals surface area contributed by atoms with Crippen LogP contribution in [0, 0.1) is 17.3 Å². The molecule has 1 unspecified atom stereocenters. The predicted molar refractivity (Wildman–Crippen MR) is 72.8 cm³/mol. The molecule has 1 aliphatic rings. The molecule has 1 rings (SSSR count). The first kappa shape index (κ1) is 14.5. The molecule has 1 saturated carbocycles.